The summed E-state index contributed by atoms with van der Waals surface area (Å²) in [4.78, 5) is 23.4. The van der Waals surface area contributed by atoms with Crippen LogP contribution in [0.2, 0.25) is 0 Å². The molecule has 2 aromatic rings. The Morgan fingerprint density at radius 1 is 1.36 bits per heavy atom. The van der Waals surface area contributed by atoms with E-state index >= 15 is 0 Å². The molecule has 0 atom stereocenters. The van der Waals surface area contributed by atoms with Crippen molar-refractivity contribution >= 4 is 17.6 Å². The first-order chi connectivity index (χ1) is 10.6. The molecule has 0 unspecified atom stereocenters. The molecule has 0 bridgehead atoms. The average molecular weight is 304 g/mol. The number of nitrogens with zero attached hydrogens (tertiary/aromatic N) is 3. The molecule has 0 radical (unpaired) electrons. The fraction of sp³-hybridized carbons (Fsp3) is 0.286. The van der Waals surface area contributed by atoms with Crippen molar-refractivity contribution in [1.29, 1.82) is 0 Å². The predicted octanol–water partition coefficient (Wildman–Crippen LogP) is 1.10. The van der Waals surface area contributed by atoms with Crippen LogP contribution < -0.4 is 10.1 Å². The van der Waals surface area contributed by atoms with Gasteiger partial charge in [-0.25, -0.2) is 9.48 Å². The Labute approximate surface area is 127 Å². The third-order valence-electron chi connectivity index (χ3n) is 2.68. The number of carbonyl (C=O) groups is 2. The Hall–Kier alpha value is -2.90. The van der Waals surface area contributed by atoms with Gasteiger partial charge in [0.2, 0.25) is 5.91 Å². The van der Waals surface area contributed by atoms with Gasteiger partial charge in [-0.2, -0.15) is 0 Å². The number of esters is 1. The van der Waals surface area contributed by atoms with Gasteiger partial charge in [-0.3, -0.25) is 4.79 Å². The SMILES string of the molecule is CCOC(=O)c1cn(CC(=O)Nc2cccc(OC)c2)nn1. The second-order valence-corrected chi connectivity index (χ2v) is 4.30. The Morgan fingerprint density at radius 3 is 2.91 bits per heavy atom. The fourth-order valence-electron chi connectivity index (χ4n) is 1.72. The topological polar surface area (TPSA) is 95.3 Å². The second kappa shape index (κ2) is 7.21. The highest BCUT2D eigenvalue weighted by Crippen LogP contribution is 2.16. The number of aromatic nitrogens is 3. The number of ether oxygens (including phenoxy) is 2. The van der Waals surface area contributed by atoms with Crippen molar-refractivity contribution in [3.63, 3.8) is 0 Å². The van der Waals surface area contributed by atoms with Crippen molar-refractivity contribution in [2.75, 3.05) is 19.0 Å². The number of methoxy groups -OCH3 is 1. The van der Waals surface area contributed by atoms with Crippen LogP contribution in [0.1, 0.15) is 17.4 Å². The van der Waals surface area contributed by atoms with Crippen LogP contribution in [0.3, 0.4) is 0 Å². The van der Waals surface area contributed by atoms with Gasteiger partial charge in [-0.1, -0.05) is 11.3 Å². The van der Waals surface area contributed by atoms with Crippen LogP contribution in [0.4, 0.5) is 5.69 Å². The van der Waals surface area contributed by atoms with Crippen LogP contribution in [-0.2, 0) is 16.1 Å². The molecule has 0 aliphatic carbocycles. The van der Waals surface area contributed by atoms with E-state index in [1.165, 1.54) is 10.9 Å². The number of benzene rings is 1. The molecule has 0 spiro atoms. The maximum atomic E-state index is 11.9. The quantitative estimate of drug-likeness (QED) is 0.803. The Morgan fingerprint density at radius 2 is 2.18 bits per heavy atom. The van der Waals surface area contributed by atoms with E-state index in [9.17, 15) is 9.59 Å². The van der Waals surface area contributed by atoms with Crippen LogP contribution in [0, 0.1) is 0 Å². The van der Waals surface area contributed by atoms with Gasteiger partial charge in [-0.05, 0) is 19.1 Å². The lowest BCUT2D eigenvalue weighted by Gasteiger charge is -2.06. The van der Waals surface area contributed by atoms with Crippen LogP contribution in [0.15, 0.2) is 30.5 Å². The highest BCUT2D eigenvalue weighted by atomic mass is 16.5. The molecule has 2 rings (SSSR count). The number of hydrogen-bond donors (Lipinski definition) is 1. The maximum Gasteiger partial charge on any atom is 0.360 e. The Bertz CT molecular complexity index is 668. The van der Waals surface area contributed by atoms with Crippen molar-refractivity contribution in [3.05, 3.63) is 36.2 Å². The number of carbonyl (C=O) groups excluding carboxylic acids is 2. The van der Waals surface area contributed by atoms with E-state index in [4.69, 9.17) is 9.47 Å². The van der Waals surface area contributed by atoms with E-state index in [0.717, 1.165) is 0 Å². The first kappa shape index (κ1) is 15.5. The van der Waals surface area contributed by atoms with Crippen LogP contribution in [0.25, 0.3) is 0 Å². The lowest BCUT2D eigenvalue weighted by Crippen LogP contribution is -2.19. The Kier molecular flexibility index (Phi) is 5.07. The summed E-state index contributed by atoms with van der Waals surface area (Å²) in [6, 6.07) is 6.98. The third-order valence-corrected chi connectivity index (χ3v) is 2.68. The Balaban J connectivity index is 1.95. The predicted molar refractivity (Wildman–Crippen MR) is 77.6 cm³/mol. The molecule has 0 fully saturated rings. The lowest BCUT2D eigenvalue weighted by molar-refractivity contribution is -0.116. The molecule has 0 saturated heterocycles. The number of hydrogen-bond acceptors (Lipinski definition) is 6. The summed E-state index contributed by atoms with van der Waals surface area (Å²) in [5.41, 5.74) is 0.672. The van der Waals surface area contributed by atoms with Gasteiger partial charge in [0.05, 0.1) is 19.9 Å². The molecule has 0 aliphatic heterocycles. The molecule has 1 heterocycles. The number of anilines is 1. The first-order valence-corrected chi connectivity index (χ1v) is 6.63. The summed E-state index contributed by atoms with van der Waals surface area (Å²) in [5.74, 6) is -0.223. The summed E-state index contributed by atoms with van der Waals surface area (Å²) in [6.07, 6.45) is 1.36. The molecule has 1 aromatic carbocycles. The van der Waals surface area contributed by atoms with Crippen molar-refractivity contribution in [2.24, 2.45) is 0 Å². The monoisotopic (exact) mass is 304 g/mol. The minimum absolute atomic E-state index is 0.0658. The molecule has 8 nitrogen and oxygen atoms in total. The summed E-state index contributed by atoms with van der Waals surface area (Å²) < 4.78 is 11.1. The van der Waals surface area contributed by atoms with E-state index in [1.54, 1.807) is 38.3 Å². The molecule has 116 valence electrons. The van der Waals surface area contributed by atoms with Crippen LogP contribution in [0.5, 0.6) is 5.75 Å². The van der Waals surface area contributed by atoms with Gasteiger partial charge in [0, 0.05) is 11.8 Å². The van der Waals surface area contributed by atoms with Crippen molar-refractivity contribution in [2.45, 2.75) is 13.5 Å². The molecule has 8 heteroatoms. The zero-order valence-electron chi connectivity index (χ0n) is 12.3. The minimum atomic E-state index is -0.568. The number of amides is 1. The molecule has 1 amide bonds. The fourth-order valence-corrected chi connectivity index (χ4v) is 1.72. The zero-order chi connectivity index (χ0) is 15.9. The van der Waals surface area contributed by atoms with Gasteiger partial charge in [0.1, 0.15) is 12.3 Å². The molecular weight excluding hydrogens is 288 g/mol. The normalized spacial score (nSPS) is 10.1. The van der Waals surface area contributed by atoms with E-state index in [2.05, 4.69) is 15.6 Å². The molecule has 0 saturated carbocycles. The van der Waals surface area contributed by atoms with E-state index < -0.39 is 5.97 Å². The third kappa shape index (κ3) is 4.05. The number of nitrogens with one attached hydrogen (secondary N) is 1. The molecular formula is C14H16N4O4. The summed E-state index contributed by atoms with van der Waals surface area (Å²) in [6.45, 7) is 1.88. The smallest absolute Gasteiger partial charge is 0.360 e. The minimum Gasteiger partial charge on any atom is -0.497 e. The summed E-state index contributed by atoms with van der Waals surface area (Å²) in [5, 5.41) is 10.1. The summed E-state index contributed by atoms with van der Waals surface area (Å²) >= 11 is 0. The lowest BCUT2D eigenvalue weighted by atomic mass is 10.3. The van der Waals surface area contributed by atoms with Gasteiger partial charge in [-0.15, -0.1) is 5.10 Å². The van der Waals surface area contributed by atoms with Crippen molar-refractivity contribution in [3.8, 4) is 5.75 Å². The largest absolute Gasteiger partial charge is 0.497 e. The molecule has 1 N–H and O–H groups in total. The molecule has 1 aromatic heterocycles. The second-order valence-electron chi connectivity index (χ2n) is 4.30. The van der Waals surface area contributed by atoms with Crippen molar-refractivity contribution < 1.29 is 19.1 Å². The van der Waals surface area contributed by atoms with E-state index in [0.29, 0.717) is 11.4 Å². The van der Waals surface area contributed by atoms with E-state index in [1.807, 2.05) is 0 Å². The average Bonchev–Trinajstić information content (AvgIpc) is 2.96. The van der Waals surface area contributed by atoms with Gasteiger partial charge in [0.25, 0.3) is 0 Å². The van der Waals surface area contributed by atoms with Gasteiger partial charge < -0.3 is 14.8 Å². The first-order valence-electron chi connectivity index (χ1n) is 6.63. The molecule has 0 aliphatic rings. The highest BCUT2D eigenvalue weighted by molar-refractivity contribution is 5.91. The van der Waals surface area contributed by atoms with Crippen LogP contribution >= 0.6 is 0 Å². The van der Waals surface area contributed by atoms with Gasteiger partial charge >= 0.3 is 5.97 Å². The van der Waals surface area contributed by atoms with E-state index in [-0.39, 0.29) is 24.8 Å². The zero-order valence-corrected chi connectivity index (χ0v) is 12.3. The molecule has 22 heavy (non-hydrogen) atoms. The van der Waals surface area contributed by atoms with Crippen molar-refractivity contribution in [1.82, 2.24) is 15.0 Å². The standard InChI is InChI=1S/C14H16N4O4/c1-3-22-14(20)12-8-18(17-16-12)9-13(19)15-10-5-4-6-11(7-10)21-2/h4-8H,3,9H2,1-2H3,(H,15,19). The number of rotatable bonds is 6. The maximum absolute atomic E-state index is 11.9. The summed E-state index contributed by atoms with van der Waals surface area (Å²) in [7, 11) is 1.55. The highest BCUT2D eigenvalue weighted by Gasteiger charge is 2.13. The van der Waals surface area contributed by atoms with Gasteiger partial charge in [0.15, 0.2) is 5.69 Å². The van der Waals surface area contributed by atoms with Crippen LogP contribution in [-0.4, -0.2) is 40.6 Å².